The molecule has 1 heterocycles. The first-order valence-corrected chi connectivity index (χ1v) is 11.9. The molecular formula is C27H24INO4. The molecule has 0 radical (unpaired) electrons. The van der Waals surface area contributed by atoms with Crippen molar-refractivity contribution in [3.63, 3.8) is 0 Å². The predicted molar refractivity (Wildman–Crippen MR) is 136 cm³/mol. The topological polar surface area (TPSA) is 66.8 Å². The Morgan fingerprint density at radius 2 is 1.64 bits per heavy atom. The fourth-order valence-corrected chi connectivity index (χ4v) is 4.26. The maximum absolute atomic E-state index is 13.1. The van der Waals surface area contributed by atoms with E-state index in [1.165, 1.54) is 4.90 Å². The van der Waals surface area contributed by atoms with Crippen LogP contribution in [-0.2, 0) is 16.1 Å². The number of hydrogen-bond donors (Lipinski definition) is 1. The molecule has 0 saturated carbocycles. The Morgan fingerprint density at radius 3 is 2.27 bits per heavy atom. The van der Waals surface area contributed by atoms with Crippen LogP contribution in [0.4, 0.5) is 0 Å². The SMILES string of the molecule is CCCOc1ccc(C(O)=C2C(=O)C(=O)N(Cc3ccccc3)C2c2ccc(I)cc2)cc1. The van der Waals surface area contributed by atoms with E-state index in [2.05, 4.69) is 22.6 Å². The predicted octanol–water partition coefficient (Wildman–Crippen LogP) is 5.70. The fraction of sp³-hybridized carbons (Fsp3) is 0.185. The van der Waals surface area contributed by atoms with Gasteiger partial charge in [0.05, 0.1) is 18.2 Å². The quantitative estimate of drug-likeness (QED) is 0.177. The van der Waals surface area contributed by atoms with Crippen LogP contribution in [0.15, 0.2) is 84.4 Å². The Kier molecular flexibility index (Phi) is 7.13. The van der Waals surface area contributed by atoms with Gasteiger partial charge in [-0.15, -0.1) is 0 Å². The van der Waals surface area contributed by atoms with Crippen molar-refractivity contribution in [3.05, 3.63) is 105 Å². The molecule has 33 heavy (non-hydrogen) atoms. The van der Waals surface area contributed by atoms with Crippen molar-refractivity contribution in [1.29, 1.82) is 0 Å². The number of nitrogens with zero attached hydrogens (tertiary/aromatic N) is 1. The molecule has 3 aromatic rings. The highest BCUT2D eigenvalue weighted by Crippen LogP contribution is 2.40. The number of ketones is 1. The van der Waals surface area contributed by atoms with Gasteiger partial charge in [-0.2, -0.15) is 0 Å². The summed E-state index contributed by atoms with van der Waals surface area (Å²) < 4.78 is 6.65. The average molecular weight is 553 g/mol. The monoisotopic (exact) mass is 553 g/mol. The highest BCUT2D eigenvalue weighted by molar-refractivity contribution is 14.1. The first-order chi connectivity index (χ1) is 16.0. The van der Waals surface area contributed by atoms with Gasteiger partial charge in [-0.25, -0.2) is 0 Å². The van der Waals surface area contributed by atoms with E-state index in [4.69, 9.17) is 4.74 Å². The minimum absolute atomic E-state index is 0.0966. The number of carbonyl (C=O) groups is 2. The number of halogens is 1. The molecule has 1 saturated heterocycles. The number of amides is 1. The normalized spacial score (nSPS) is 17.4. The smallest absolute Gasteiger partial charge is 0.295 e. The lowest BCUT2D eigenvalue weighted by Gasteiger charge is -2.25. The lowest BCUT2D eigenvalue weighted by molar-refractivity contribution is -0.140. The number of ether oxygens (including phenoxy) is 1. The summed E-state index contributed by atoms with van der Waals surface area (Å²) in [4.78, 5) is 27.8. The zero-order chi connectivity index (χ0) is 23.4. The number of aliphatic hydroxyl groups is 1. The zero-order valence-corrected chi connectivity index (χ0v) is 20.4. The van der Waals surface area contributed by atoms with E-state index in [0.717, 1.165) is 21.1 Å². The first-order valence-electron chi connectivity index (χ1n) is 10.8. The van der Waals surface area contributed by atoms with Crippen LogP contribution in [0.3, 0.4) is 0 Å². The van der Waals surface area contributed by atoms with E-state index in [1.54, 1.807) is 24.3 Å². The second-order valence-electron chi connectivity index (χ2n) is 7.84. The second kappa shape index (κ2) is 10.2. The van der Waals surface area contributed by atoms with Crippen LogP contribution < -0.4 is 4.74 Å². The van der Waals surface area contributed by atoms with E-state index in [-0.39, 0.29) is 17.9 Å². The van der Waals surface area contributed by atoms with Gasteiger partial charge in [-0.1, -0.05) is 49.4 Å². The summed E-state index contributed by atoms with van der Waals surface area (Å²) in [6.45, 7) is 2.89. The van der Waals surface area contributed by atoms with Gasteiger partial charge in [0, 0.05) is 15.7 Å². The van der Waals surface area contributed by atoms with E-state index >= 15 is 0 Å². The second-order valence-corrected chi connectivity index (χ2v) is 9.08. The first kappa shape index (κ1) is 23.0. The van der Waals surface area contributed by atoms with E-state index < -0.39 is 17.7 Å². The van der Waals surface area contributed by atoms with Crippen molar-refractivity contribution < 1.29 is 19.4 Å². The molecule has 168 valence electrons. The molecule has 6 heteroatoms. The summed E-state index contributed by atoms with van der Waals surface area (Å²) in [5.41, 5.74) is 2.24. The van der Waals surface area contributed by atoms with Crippen LogP contribution >= 0.6 is 22.6 Å². The Bertz CT molecular complexity index is 1170. The van der Waals surface area contributed by atoms with Crippen molar-refractivity contribution in [2.24, 2.45) is 0 Å². The number of benzene rings is 3. The largest absolute Gasteiger partial charge is 0.507 e. The van der Waals surface area contributed by atoms with Gasteiger partial charge in [-0.3, -0.25) is 9.59 Å². The van der Waals surface area contributed by atoms with Gasteiger partial charge in [0.25, 0.3) is 11.7 Å². The zero-order valence-electron chi connectivity index (χ0n) is 18.2. The molecule has 5 nitrogen and oxygen atoms in total. The molecule has 3 aromatic carbocycles. The van der Waals surface area contributed by atoms with Crippen molar-refractivity contribution in [2.45, 2.75) is 25.9 Å². The minimum Gasteiger partial charge on any atom is -0.507 e. The molecule has 0 spiro atoms. The summed E-state index contributed by atoms with van der Waals surface area (Å²) >= 11 is 2.21. The molecular weight excluding hydrogens is 529 g/mol. The van der Waals surface area contributed by atoms with Crippen molar-refractivity contribution >= 4 is 40.0 Å². The van der Waals surface area contributed by atoms with Crippen LogP contribution in [0.25, 0.3) is 5.76 Å². The van der Waals surface area contributed by atoms with Crippen LogP contribution in [0.2, 0.25) is 0 Å². The lowest BCUT2D eigenvalue weighted by Crippen LogP contribution is -2.29. The number of aliphatic hydroxyl groups excluding tert-OH is 1. The summed E-state index contributed by atoms with van der Waals surface area (Å²) in [5.74, 6) is -0.799. The average Bonchev–Trinajstić information content (AvgIpc) is 3.08. The van der Waals surface area contributed by atoms with Gasteiger partial charge in [0.15, 0.2) is 0 Å². The molecule has 1 fully saturated rings. The molecule has 0 bridgehead atoms. The van der Waals surface area contributed by atoms with Crippen LogP contribution in [0, 0.1) is 3.57 Å². The Hall–Kier alpha value is -3.13. The van der Waals surface area contributed by atoms with Crippen molar-refractivity contribution in [2.75, 3.05) is 6.61 Å². The Labute approximate surface area is 206 Å². The van der Waals surface area contributed by atoms with Crippen molar-refractivity contribution in [3.8, 4) is 5.75 Å². The van der Waals surface area contributed by atoms with Crippen LogP contribution in [0.1, 0.15) is 36.1 Å². The highest BCUT2D eigenvalue weighted by Gasteiger charge is 2.46. The molecule has 4 rings (SSSR count). The third-order valence-corrected chi connectivity index (χ3v) is 6.24. The Morgan fingerprint density at radius 1 is 0.970 bits per heavy atom. The summed E-state index contributed by atoms with van der Waals surface area (Å²) in [6, 6.07) is 23.4. The lowest BCUT2D eigenvalue weighted by atomic mass is 9.95. The fourth-order valence-electron chi connectivity index (χ4n) is 3.90. The van der Waals surface area contributed by atoms with Crippen molar-refractivity contribution in [1.82, 2.24) is 4.90 Å². The van der Waals surface area contributed by atoms with Gasteiger partial charge in [-0.05, 0) is 76.5 Å². The molecule has 1 aliphatic rings. The van der Waals surface area contributed by atoms with Gasteiger partial charge in [0.2, 0.25) is 0 Å². The molecule has 1 unspecified atom stereocenters. The minimum atomic E-state index is -0.682. The maximum Gasteiger partial charge on any atom is 0.295 e. The number of carbonyl (C=O) groups excluding carboxylic acids is 2. The standard InChI is InChI=1S/C27H24INO4/c1-2-16-33-22-14-10-20(11-15-22)25(30)23-24(19-8-12-21(28)13-9-19)29(27(32)26(23)31)17-18-6-4-3-5-7-18/h3-15,24,30H,2,16-17H2,1H3. The Balaban J connectivity index is 1.78. The molecule has 1 N–H and O–H groups in total. The maximum atomic E-state index is 13.1. The third kappa shape index (κ3) is 4.95. The van der Waals surface area contributed by atoms with E-state index in [1.807, 2.05) is 61.5 Å². The van der Waals surface area contributed by atoms with E-state index in [9.17, 15) is 14.7 Å². The van der Waals surface area contributed by atoms with E-state index in [0.29, 0.717) is 17.9 Å². The number of likely N-dealkylation sites (tertiary alicyclic amines) is 1. The number of rotatable bonds is 7. The summed E-state index contributed by atoms with van der Waals surface area (Å²) in [7, 11) is 0. The summed E-state index contributed by atoms with van der Waals surface area (Å²) in [5, 5.41) is 11.2. The number of Topliss-reactive ketones (excluding diaryl/α,β-unsaturated/α-hetero) is 1. The van der Waals surface area contributed by atoms with Gasteiger partial charge in [0.1, 0.15) is 11.5 Å². The molecule has 1 amide bonds. The highest BCUT2D eigenvalue weighted by atomic mass is 127. The summed E-state index contributed by atoms with van der Waals surface area (Å²) in [6.07, 6.45) is 0.891. The third-order valence-electron chi connectivity index (χ3n) is 5.52. The van der Waals surface area contributed by atoms with Crippen LogP contribution in [-0.4, -0.2) is 28.3 Å². The molecule has 0 aromatic heterocycles. The molecule has 1 atom stereocenters. The van der Waals surface area contributed by atoms with Crippen LogP contribution in [0.5, 0.6) is 5.75 Å². The number of hydrogen-bond acceptors (Lipinski definition) is 4. The van der Waals surface area contributed by atoms with Gasteiger partial charge < -0.3 is 14.7 Å². The van der Waals surface area contributed by atoms with Gasteiger partial charge >= 0.3 is 0 Å². The molecule has 1 aliphatic heterocycles. The molecule has 0 aliphatic carbocycles.